The summed E-state index contributed by atoms with van der Waals surface area (Å²) in [5, 5.41) is 0. The molecule has 1 unspecified atom stereocenters. The number of pyridine rings is 1. The van der Waals surface area contributed by atoms with Crippen LogP contribution in [0.15, 0.2) is 12.3 Å². The summed E-state index contributed by atoms with van der Waals surface area (Å²) in [5.41, 5.74) is -0.711. The van der Waals surface area contributed by atoms with Crippen molar-refractivity contribution in [1.82, 2.24) is 4.98 Å². The standard InChI is InChI=1S/C9H6F3NO2/c1-4-6-2-5(9(10,11)12)3-13-7(6)8(14)15-4/h2-4H,1H3. The van der Waals surface area contributed by atoms with Crippen molar-refractivity contribution >= 4 is 5.97 Å². The van der Waals surface area contributed by atoms with E-state index in [0.717, 1.165) is 6.07 Å². The van der Waals surface area contributed by atoms with Gasteiger partial charge in [0, 0.05) is 11.8 Å². The number of carbonyl (C=O) groups excluding carboxylic acids is 1. The Morgan fingerprint density at radius 1 is 1.47 bits per heavy atom. The number of cyclic esters (lactones) is 1. The molecular formula is C9H6F3NO2. The Kier molecular flexibility index (Phi) is 1.95. The summed E-state index contributed by atoms with van der Waals surface area (Å²) < 4.78 is 41.7. The lowest BCUT2D eigenvalue weighted by Crippen LogP contribution is -2.07. The van der Waals surface area contributed by atoms with Gasteiger partial charge < -0.3 is 4.74 Å². The van der Waals surface area contributed by atoms with E-state index in [9.17, 15) is 18.0 Å². The zero-order chi connectivity index (χ0) is 11.2. The summed E-state index contributed by atoms with van der Waals surface area (Å²) in [6.07, 6.45) is -4.48. The third-order valence-electron chi connectivity index (χ3n) is 2.16. The Balaban J connectivity index is 2.52. The molecular weight excluding hydrogens is 211 g/mol. The minimum absolute atomic E-state index is 0.0319. The summed E-state index contributed by atoms with van der Waals surface area (Å²) in [7, 11) is 0. The molecule has 1 aromatic heterocycles. The zero-order valence-electron chi connectivity index (χ0n) is 7.63. The molecule has 0 radical (unpaired) electrons. The molecule has 6 heteroatoms. The van der Waals surface area contributed by atoms with Crippen molar-refractivity contribution in [3.8, 4) is 0 Å². The summed E-state index contributed by atoms with van der Waals surface area (Å²) in [6.45, 7) is 1.51. The highest BCUT2D eigenvalue weighted by Crippen LogP contribution is 2.34. The van der Waals surface area contributed by atoms with Gasteiger partial charge >= 0.3 is 12.1 Å². The predicted octanol–water partition coefficient (Wildman–Crippen LogP) is 2.33. The van der Waals surface area contributed by atoms with Gasteiger partial charge in [-0.05, 0) is 13.0 Å². The molecule has 0 amide bonds. The fraction of sp³-hybridized carbons (Fsp3) is 0.333. The van der Waals surface area contributed by atoms with E-state index in [0.29, 0.717) is 6.20 Å². The van der Waals surface area contributed by atoms with Crippen molar-refractivity contribution in [3.63, 3.8) is 0 Å². The molecule has 0 bridgehead atoms. The van der Waals surface area contributed by atoms with Crippen LogP contribution in [-0.2, 0) is 10.9 Å². The number of hydrogen-bond donors (Lipinski definition) is 0. The molecule has 1 aromatic rings. The lowest BCUT2D eigenvalue weighted by atomic mass is 10.1. The number of carbonyl (C=O) groups is 1. The first-order valence-electron chi connectivity index (χ1n) is 4.17. The Hall–Kier alpha value is -1.59. The van der Waals surface area contributed by atoms with Crippen LogP contribution >= 0.6 is 0 Å². The van der Waals surface area contributed by atoms with Gasteiger partial charge in [-0.25, -0.2) is 9.78 Å². The number of rotatable bonds is 0. The number of aromatic nitrogens is 1. The molecule has 1 aliphatic heterocycles. The molecule has 0 saturated carbocycles. The fourth-order valence-corrected chi connectivity index (χ4v) is 1.40. The highest BCUT2D eigenvalue weighted by Gasteiger charge is 2.36. The minimum atomic E-state index is -4.45. The van der Waals surface area contributed by atoms with Crippen molar-refractivity contribution in [3.05, 3.63) is 29.1 Å². The van der Waals surface area contributed by atoms with Crippen LogP contribution in [0, 0.1) is 0 Å². The Morgan fingerprint density at radius 3 is 2.73 bits per heavy atom. The van der Waals surface area contributed by atoms with Gasteiger partial charge in [0.1, 0.15) is 6.10 Å². The van der Waals surface area contributed by atoms with E-state index in [1.165, 1.54) is 6.92 Å². The molecule has 0 N–H and O–H groups in total. The van der Waals surface area contributed by atoms with E-state index in [4.69, 9.17) is 4.74 Å². The molecule has 2 heterocycles. The highest BCUT2D eigenvalue weighted by atomic mass is 19.4. The zero-order valence-corrected chi connectivity index (χ0v) is 7.63. The van der Waals surface area contributed by atoms with Gasteiger partial charge in [-0.15, -0.1) is 0 Å². The molecule has 1 aliphatic rings. The van der Waals surface area contributed by atoms with E-state index in [-0.39, 0.29) is 11.3 Å². The van der Waals surface area contributed by atoms with Gasteiger partial charge in [-0.3, -0.25) is 0 Å². The Bertz CT molecular complexity index is 428. The number of ether oxygens (including phenoxy) is 1. The van der Waals surface area contributed by atoms with E-state index in [2.05, 4.69) is 4.98 Å². The second-order valence-corrected chi connectivity index (χ2v) is 3.21. The first-order chi connectivity index (χ1) is 6.89. The van der Waals surface area contributed by atoms with Gasteiger partial charge in [0.2, 0.25) is 0 Å². The van der Waals surface area contributed by atoms with Crippen LogP contribution in [0.2, 0.25) is 0 Å². The van der Waals surface area contributed by atoms with Crippen LogP contribution in [0.5, 0.6) is 0 Å². The first-order valence-corrected chi connectivity index (χ1v) is 4.17. The topological polar surface area (TPSA) is 39.2 Å². The van der Waals surface area contributed by atoms with Crippen molar-refractivity contribution in [2.75, 3.05) is 0 Å². The summed E-state index contributed by atoms with van der Waals surface area (Å²) in [6, 6.07) is 0.901. The van der Waals surface area contributed by atoms with Crippen molar-refractivity contribution in [2.45, 2.75) is 19.2 Å². The van der Waals surface area contributed by atoms with Crippen molar-refractivity contribution in [1.29, 1.82) is 0 Å². The summed E-state index contributed by atoms with van der Waals surface area (Å²) in [5.74, 6) is -0.675. The van der Waals surface area contributed by atoms with Crippen LogP contribution in [0.3, 0.4) is 0 Å². The fourth-order valence-electron chi connectivity index (χ4n) is 1.40. The number of hydrogen-bond acceptors (Lipinski definition) is 3. The molecule has 0 fully saturated rings. The number of nitrogens with zero attached hydrogens (tertiary/aromatic N) is 1. The second kappa shape index (κ2) is 2.95. The maximum absolute atomic E-state index is 12.3. The smallest absolute Gasteiger partial charge is 0.417 e. The van der Waals surface area contributed by atoms with E-state index in [1.807, 2.05) is 0 Å². The van der Waals surface area contributed by atoms with Crippen LogP contribution in [0.4, 0.5) is 13.2 Å². The highest BCUT2D eigenvalue weighted by molar-refractivity contribution is 5.91. The van der Waals surface area contributed by atoms with E-state index in [1.54, 1.807) is 0 Å². The van der Waals surface area contributed by atoms with Crippen LogP contribution < -0.4 is 0 Å². The third-order valence-corrected chi connectivity index (χ3v) is 2.16. The monoisotopic (exact) mass is 217 g/mol. The Labute approximate surface area is 82.9 Å². The normalized spacial score (nSPS) is 20.0. The SMILES string of the molecule is CC1OC(=O)c2ncc(C(F)(F)F)cc21. The number of esters is 1. The first kappa shape index (κ1) is 9.95. The molecule has 0 saturated heterocycles. The third kappa shape index (κ3) is 1.55. The maximum Gasteiger partial charge on any atom is 0.417 e. The van der Waals surface area contributed by atoms with Gasteiger partial charge in [0.15, 0.2) is 5.69 Å². The van der Waals surface area contributed by atoms with Gasteiger partial charge in [0.05, 0.1) is 5.56 Å². The average molecular weight is 217 g/mol. The lowest BCUT2D eigenvalue weighted by molar-refractivity contribution is -0.137. The largest absolute Gasteiger partial charge is 0.453 e. The average Bonchev–Trinajstić information content (AvgIpc) is 2.41. The van der Waals surface area contributed by atoms with Gasteiger partial charge in [-0.1, -0.05) is 0 Å². The molecule has 0 aromatic carbocycles. The molecule has 2 rings (SSSR count). The molecule has 0 aliphatic carbocycles. The molecule has 0 spiro atoms. The van der Waals surface area contributed by atoms with Crippen molar-refractivity contribution in [2.24, 2.45) is 0 Å². The quantitative estimate of drug-likeness (QED) is 0.626. The lowest BCUT2D eigenvalue weighted by Gasteiger charge is -2.07. The number of fused-ring (bicyclic) bond motifs is 1. The Morgan fingerprint density at radius 2 is 2.13 bits per heavy atom. The molecule has 15 heavy (non-hydrogen) atoms. The van der Waals surface area contributed by atoms with E-state index >= 15 is 0 Å². The molecule has 3 nitrogen and oxygen atoms in total. The second-order valence-electron chi connectivity index (χ2n) is 3.21. The number of alkyl halides is 3. The molecule has 1 atom stereocenters. The maximum atomic E-state index is 12.3. The van der Waals surface area contributed by atoms with Gasteiger partial charge in [0.25, 0.3) is 0 Å². The van der Waals surface area contributed by atoms with Crippen molar-refractivity contribution < 1.29 is 22.7 Å². The van der Waals surface area contributed by atoms with Gasteiger partial charge in [-0.2, -0.15) is 13.2 Å². The molecule has 80 valence electrons. The van der Waals surface area contributed by atoms with Crippen LogP contribution in [0.25, 0.3) is 0 Å². The summed E-state index contributed by atoms with van der Waals surface area (Å²) >= 11 is 0. The van der Waals surface area contributed by atoms with E-state index < -0.39 is 23.8 Å². The van der Waals surface area contributed by atoms with Crippen LogP contribution in [-0.4, -0.2) is 11.0 Å². The van der Waals surface area contributed by atoms with Crippen LogP contribution in [0.1, 0.15) is 34.6 Å². The minimum Gasteiger partial charge on any atom is -0.453 e. The summed E-state index contributed by atoms with van der Waals surface area (Å²) in [4.78, 5) is 14.5. The number of halogens is 3. The predicted molar refractivity (Wildman–Crippen MR) is 43.1 cm³/mol.